The van der Waals surface area contributed by atoms with Crippen LogP contribution >= 0.6 is 0 Å². The molecule has 1 aromatic heterocycles. The molecule has 2 N–H and O–H groups in total. The number of nitrogens with one attached hydrogen (secondary N) is 2. The molecule has 0 unspecified atom stereocenters. The number of carbonyl (C=O) groups excluding carboxylic acids is 1. The monoisotopic (exact) mass is 479 g/mol. The number of hydrogen-bond donors (Lipinski definition) is 2. The van der Waals surface area contributed by atoms with Crippen LogP contribution in [0.2, 0.25) is 0 Å². The van der Waals surface area contributed by atoms with Crippen molar-refractivity contribution in [3.8, 4) is 0 Å². The van der Waals surface area contributed by atoms with Gasteiger partial charge in [0.25, 0.3) is 15.9 Å². The highest BCUT2D eigenvalue weighted by molar-refractivity contribution is 7.92. The summed E-state index contributed by atoms with van der Waals surface area (Å²) in [6.45, 7) is 5.91. The molecule has 8 nitrogen and oxygen atoms in total. The van der Waals surface area contributed by atoms with Gasteiger partial charge in [-0.3, -0.25) is 9.52 Å². The Balaban J connectivity index is 1.68. The van der Waals surface area contributed by atoms with Crippen molar-refractivity contribution in [2.75, 3.05) is 42.3 Å². The number of aromatic nitrogens is 1. The van der Waals surface area contributed by atoms with E-state index < -0.39 is 10.0 Å². The van der Waals surface area contributed by atoms with Gasteiger partial charge in [0.15, 0.2) is 0 Å². The van der Waals surface area contributed by atoms with E-state index in [1.54, 1.807) is 29.2 Å². The average molecular weight is 480 g/mol. The molecule has 1 amide bonds. The summed E-state index contributed by atoms with van der Waals surface area (Å²) in [6, 6.07) is 19.5. The Kier molecular flexibility index (Phi) is 7.44. The van der Waals surface area contributed by atoms with E-state index in [2.05, 4.69) is 19.9 Å². The Morgan fingerprint density at radius 3 is 2.35 bits per heavy atom. The fourth-order valence-corrected chi connectivity index (χ4v) is 4.97. The SMILES string of the molecule is CCN(Cc1ccccc1)C(=O)c1cc(NS(=O)(=O)c2ccccc2)cnc1N1CCNCC1. The van der Waals surface area contributed by atoms with Gasteiger partial charge in [-0.1, -0.05) is 48.5 Å². The fraction of sp³-hybridized carbons (Fsp3) is 0.280. The van der Waals surface area contributed by atoms with Gasteiger partial charge in [0.2, 0.25) is 0 Å². The lowest BCUT2D eigenvalue weighted by atomic mass is 10.1. The number of carbonyl (C=O) groups is 1. The standard InChI is InChI=1S/C25H29N5O3S/c1-2-29(19-20-9-5-3-6-10-20)25(31)23-17-21(18-27-24(23)30-15-13-26-14-16-30)28-34(32,33)22-11-7-4-8-12-22/h3-12,17-18,26,28H,2,13-16,19H2,1H3. The Bertz CT molecular complexity index is 1210. The summed E-state index contributed by atoms with van der Waals surface area (Å²) in [5.74, 6) is 0.383. The van der Waals surface area contributed by atoms with Crippen molar-refractivity contribution in [2.45, 2.75) is 18.4 Å². The number of rotatable bonds is 8. The zero-order chi connectivity index (χ0) is 24.0. The number of anilines is 2. The van der Waals surface area contributed by atoms with Crippen LogP contribution in [0, 0.1) is 0 Å². The van der Waals surface area contributed by atoms with Gasteiger partial charge in [-0.05, 0) is 30.7 Å². The van der Waals surface area contributed by atoms with E-state index in [0.29, 0.717) is 37.6 Å². The van der Waals surface area contributed by atoms with Gasteiger partial charge in [-0.2, -0.15) is 0 Å². The number of benzene rings is 2. The van der Waals surface area contributed by atoms with Crippen LogP contribution in [0.4, 0.5) is 11.5 Å². The van der Waals surface area contributed by atoms with Crippen molar-refractivity contribution in [1.29, 1.82) is 0 Å². The number of sulfonamides is 1. The molecule has 0 atom stereocenters. The Morgan fingerprint density at radius 2 is 1.71 bits per heavy atom. The highest BCUT2D eigenvalue weighted by Crippen LogP contribution is 2.26. The molecule has 2 heterocycles. The van der Waals surface area contributed by atoms with Gasteiger partial charge in [0.1, 0.15) is 5.82 Å². The lowest BCUT2D eigenvalue weighted by molar-refractivity contribution is 0.0752. The number of nitrogens with zero attached hydrogens (tertiary/aromatic N) is 3. The van der Waals surface area contributed by atoms with Gasteiger partial charge >= 0.3 is 0 Å². The van der Waals surface area contributed by atoms with Gasteiger partial charge < -0.3 is 15.1 Å². The molecule has 4 rings (SSSR count). The molecule has 1 aliphatic rings. The molecule has 0 bridgehead atoms. The van der Waals surface area contributed by atoms with Crippen molar-refractivity contribution < 1.29 is 13.2 Å². The second-order valence-corrected chi connectivity index (χ2v) is 9.74. The van der Waals surface area contributed by atoms with E-state index in [-0.39, 0.29) is 16.5 Å². The summed E-state index contributed by atoms with van der Waals surface area (Å²) < 4.78 is 28.3. The lowest BCUT2D eigenvalue weighted by Crippen LogP contribution is -2.45. The molecule has 1 fully saturated rings. The summed E-state index contributed by atoms with van der Waals surface area (Å²) in [6.07, 6.45) is 1.47. The third kappa shape index (κ3) is 5.55. The molecular weight excluding hydrogens is 450 g/mol. The average Bonchev–Trinajstić information content (AvgIpc) is 2.88. The summed E-state index contributed by atoms with van der Waals surface area (Å²) in [7, 11) is -3.81. The van der Waals surface area contributed by atoms with Crippen molar-refractivity contribution >= 4 is 27.4 Å². The van der Waals surface area contributed by atoms with Crippen LogP contribution in [0.15, 0.2) is 77.8 Å². The van der Waals surface area contributed by atoms with E-state index >= 15 is 0 Å². The van der Waals surface area contributed by atoms with Crippen molar-refractivity contribution in [3.05, 3.63) is 84.1 Å². The summed E-state index contributed by atoms with van der Waals surface area (Å²) in [4.78, 5) is 22.2. The van der Waals surface area contributed by atoms with Crippen LogP contribution in [0.5, 0.6) is 0 Å². The maximum absolute atomic E-state index is 13.7. The predicted molar refractivity (Wildman–Crippen MR) is 133 cm³/mol. The van der Waals surface area contributed by atoms with Gasteiger partial charge in [-0.25, -0.2) is 13.4 Å². The molecule has 2 aromatic carbocycles. The zero-order valence-electron chi connectivity index (χ0n) is 19.1. The van der Waals surface area contributed by atoms with Gasteiger partial charge in [0, 0.05) is 39.3 Å². The van der Waals surface area contributed by atoms with E-state index in [0.717, 1.165) is 18.7 Å². The van der Waals surface area contributed by atoms with E-state index in [4.69, 9.17) is 0 Å². The van der Waals surface area contributed by atoms with Crippen molar-refractivity contribution in [3.63, 3.8) is 0 Å². The molecule has 34 heavy (non-hydrogen) atoms. The highest BCUT2D eigenvalue weighted by atomic mass is 32.2. The zero-order valence-corrected chi connectivity index (χ0v) is 20.0. The molecule has 9 heteroatoms. The molecule has 3 aromatic rings. The lowest BCUT2D eigenvalue weighted by Gasteiger charge is -2.31. The van der Waals surface area contributed by atoms with Crippen LogP contribution in [-0.4, -0.2) is 56.9 Å². The Morgan fingerprint density at radius 1 is 1.06 bits per heavy atom. The fourth-order valence-electron chi connectivity index (χ4n) is 3.91. The van der Waals surface area contributed by atoms with Gasteiger partial charge in [0.05, 0.1) is 22.3 Å². The smallest absolute Gasteiger partial charge is 0.261 e. The minimum absolute atomic E-state index is 0.147. The second kappa shape index (κ2) is 10.7. The molecular formula is C25H29N5O3S. The maximum Gasteiger partial charge on any atom is 0.261 e. The third-order valence-electron chi connectivity index (χ3n) is 5.70. The molecule has 1 saturated heterocycles. The number of piperazine rings is 1. The third-order valence-corrected chi connectivity index (χ3v) is 7.10. The normalized spacial score (nSPS) is 14.0. The number of hydrogen-bond acceptors (Lipinski definition) is 6. The second-order valence-electron chi connectivity index (χ2n) is 8.06. The first kappa shape index (κ1) is 23.7. The van der Waals surface area contributed by atoms with Crippen LogP contribution in [0.3, 0.4) is 0 Å². The first-order valence-corrected chi connectivity index (χ1v) is 12.8. The van der Waals surface area contributed by atoms with Crippen LogP contribution in [0.1, 0.15) is 22.8 Å². The summed E-state index contributed by atoms with van der Waals surface area (Å²) in [5.41, 5.74) is 1.66. The van der Waals surface area contributed by atoms with Crippen molar-refractivity contribution in [2.24, 2.45) is 0 Å². The minimum atomic E-state index is -3.81. The topological polar surface area (TPSA) is 94.6 Å². The Hall–Kier alpha value is -3.43. The van der Waals surface area contributed by atoms with Gasteiger partial charge in [-0.15, -0.1) is 0 Å². The predicted octanol–water partition coefficient (Wildman–Crippen LogP) is 2.95. The van der Waals surface area contributed by atoms with Crippen LogP contribution in [-0.2, 0) is 16.6 Å². The molecule has 0 saturated carbocycles. The summed E-state index contributed by atoms with van der Waals surface area (Å²) >= 11 is 0. The van der Waals surface area contributed by atoms with Crippen molar-refractivity contribution in [1.82, 2.24) is 15.2 Å². The maximum atomic E-state index is 13.7. The largest absolute Gasteiger partial charge is 0.353 e. The van der Waals surface area contributed by atoms with Crippen LogP contribution in [0.25, 0.3) is 0 Å². The first-order valence-electron chi connectivity index (χ1n) is 11.3. The quantitative estimate of drug-likeness (QED) is 0.516. The molecule has 1 aliphatic heterocycles. The minimum Gasteiger partial charge on any atom is -0.353 e. The Labute approximate surface area is 200 Å². The highest BCUT2D eigenvalue weighted by Gasteiger charge is 2.25. The van der Waals surface area contributed by atoms with E-state index in [1.807, 2.05) is 37.3 Å². The molecule has 0 spiro atoms. The molecule has 0 radical (unpaired) electrons. The molecule has 0 aliphatic carbocycles. The number of pyridine rings is 1. The first-order chi connectivity index (χ1) is 16.5. The number of amides is 1. The molecule has 178 valence electrons. The van der Waals surface area contributed by atoms with Crippen LogP contribution < -0.4 is 14.9 Å². The van der Waals surface area contributed by atoms with E-state index in [9.17, 15) is 13.2 Å². The van der Waals surface area contributed by atoms with E-state index in [1.165, 1.54) is 18.3 Å². The summed E-state index contributed by atoms with van der Waals surface area (Å²) in [5, 5.41) is 3.30.